The fourth-order valence-electron chi connectivity index (χ4n) is 3.22. The van der Waals surface area contributed by atoms with Gasteiger partial charge in [0.05, 0.1) is 18.1 Å². The Kier molecular flexibility index (Phi) is 6.68. The van der Waals surface area contributed by atoms with Crippen LogP contribution in [-0.4, -0.2) is 69.5 Å². The molecule has 1 aromatic rings. The molecule has 7 nitrogen and oxygen atoms in total. The Morgan fingerprint density at radius 1 is 1.19 bits per heavy atom. The average molecular weight is 404 g/mol. The molecule has 146 valence electrons. The molecule has 9 heteroatoms. The highest BCUT2D eigenvalue weighted by atomic mass is 35.5. The van der Waals surface area contributed by atoms with Gasteiger partial charge in [0.25, 0.3) is 5.91 Å². The van der Waals surface area contributed by atoms with E-state index in [1.54, 1.807) is 17.0 Å². The van der Waals surface area contributed by atoms with E-state index in [9.17, 15) is 13.2 Å². The predicted octanol–water partition coefficient (Wildman–Crippen LogP) is 0.940. The second-order valence-corrected chi connectivity index (χ2v) is 8.97. The molecule has 2 heterocycles. The zero-order valence-corrected chi connectivity index (χ0v) is 16.5. The quantitative estimate of drug-likeness (QED) is 0.807. The van der Waals surface area contributed by atoms with Crippen LogP contribution >= 0.6 is 12.4 Å². The minimum atomic E-state index is -3.55. The zero-order valence-electron chi connectivity index (χ0n) is 14.9. The lowest BCUT2D eigenvalue weighted by atomic mass is 9.90. The molecule has 0 bridgehead atoms. The first kappa shape index (κ1) is 21.1. The Morgan fingerprint density at radius 2 is 1.81 bits per heavy atom. The SMILES string of the molecule is CC1(CN)CCN(S(=O)(=O)c2ccc(C(=O)N3CCOCC3)cc2)C1.Cl. The van der Waals surface area contributed by atoms with Crippen molar-refractivity contribution < 1.29 is 17.9 Å². The third-order valence-corrected chi connectivity index (χ3v) is 6.91. The molecular weight excluding hydrogens is 378 g/mol. The van der Waals surface area contributed by atoms with Gasteiger partial charge < -0.3 is 15.4 Å². The van der Waals surface area contributed by atoms with Crippen LogP contribution in [0, 0.1) is 5.41 Å². The topological polar surface area (TPSA) is 92.9 Å². The van der Waals surface area contributed by atoms with Gasteiger partial charge in [-0.1, -0.05) is 6.92 Å². The van der Waals surface area contributed by atoms with Crippen LogP contribution < -0.4 is 5.73 Å². The zero-order chi connectivity index (χ0) is 18.1. The maximum Gasteiger partial charge on any atom is 0.254 e. The van der Waals surface area contributed by atoms with Gasteiger partial charge in [0, 0.05) is 31.7 Å². The van der Waals surface area contributed by atoms with Crippen molar-refractivity contribution in [3.8, 4) is 0 Å². The minimum absolute atomic E-state index is 0. The number of hydrogen-bond acceptors (Lipinski definition) is 5. The van der Waals surface area contributed by atoms with Gasteiger partial charge >= 0.3 is 0 Å². The van der Waals surface area contributed by atoms with Crippen molar-refractivity contribution in [1.29, 1.82) is 0 Å². The number of ether oxygens (including phenoxy) is 1. The summed E-state index contributed by atoms with van der Waals surface area (Å²) in [5.41, 5.74) is 6.09. The second-order valence-electron chi connectivity index (χ2n) is 7.03. The van der Waals surface area contributed by atoms with Crippen LogP contribution in [0.15, 0.2) is 29.2 Å². The summed E-state index contributed by atoms with van der Waals surface area (Å²) in [6.07, 6.45) is 0.760. The highest BCUT2D eigenvalue weighted by Gasteiger charge is 2.39. The van der Waals surface area contributed by atoms with E-state index in [4.69, 9.17) is 10.5 Å². The van der Waals surface area contributed by atoms with Gasteiger partial charge in [-0.2, -0.15) is 4.31 Å². The molecule has 26 heavy (non-hydrogen) atoms. The van der Waals surface area contributed by atoms with E-state index in [0.29, 0.717) is 51.5 Å². The average Bonchev–Trinajstić information content (AvgIpc) is 3.06. The summed E-state index contributed by atoms with van der Waals surface area (Å²) in [6.45, 7) is 5.57. The number of carbonyl (C=O) groups is 1. The molecule has 1 atom stereocenters. The largest absolute Gasteiger partial charge is 0.378 e. The Labute approximate surface area is 160 Å². The number of rotatable bonds is 4. The number of halogens is 1. The third-order valence-electron chi connectivity index (χ3n) is 5.05. The first-order valence-electron chi connectivity index (χ1n) is 8.53. The van der Waals surface area contributed by atoms with E-state index < -0.39 is 10.0 Å². The van der Waals surface area contributed by atoms with Crippen LogP contribution in [0.25, 0.3) is 0 Å². The number of nitrogens with zero attached hydrogens (tertiary/aromatic N) is 2. The van der Waals surface area contributed by atoms with E-state index in [0.717, 1.165) is 6.42 Å². The number of sulfonamides is 1. The molecule has 0 saturated carbocycles. The molecule has 0 spiro atoms. The molecule has 1 amide bonds. The standard InChI is InChI=1S/C17H25N3O4S.ClH/c1-17(12-18)6-7-20(13-17)25(22,23)15-4-2-14(3-5-15)16(21)19-8-10-24-11-9-19;/h2-5H,6-13,18H2,1H3;1H. The van der Waals surface area contributed by atoms with E-state index in [-0.39, 0.29) is 28.6 Å². The van der Waals surface area contributed by atoms with E-state index in [1.807, 2.05) is 6.92 Å². The van der Waals surface area contributed by atoms with Gasteiger partial charge in [-0.25, -0.2) is 8.42 Å². The van der Waals surface area contributed by atoms with Crippen LogP contribution in [0.1, 0.15) is 23.7 Å². The molecule has 2 aliphatic rings. The highest BCUT2D eigenvalue weighted by Crippen LogP contribution is 2.32. The lowest BCUT2D eigenvalue weighted by Gasteiger charge is -2.27. The summed E-state index contributed by atoms with van der Waals surface area (Å²) in [5, 5.41) is 0. The van der Waals surface area contributed by atoms with Crippen LogP contribution in [0.2, 0.25) is 0 Å². The summed E-state index contributed by atoms with van der Waals surface area (Å²) < 4.78 is 32.3. The highest BCUT2D eigenvalue weighted by molar-refractivity contribution is 7.89. The lowest BCUT2D eigenvalue weighted by molar-refractivity contribution is 0.0303. The molecule has 0 aliphatic carbocycles. The summed E-state index contributed by atoms with van der Waals surface area (Å²) in [5.74, 6) is -0.0934. The molecule has 1 unspecified atom stereocenters. The van der Waals surface area contributed by atoms with Crippen molar-refractivity contribution >= 4 is 28.3 Å². The van der Waals surface area contributed by atoms with Crippen LogP contribution in [0.3, 0.4) is 0 Å². The summed E-state index contributed by atoms with van der Waals surface area (Å²) in [7, 11) is -3.55. The third kappa shape index (κ3) is 4.20. The number of carbonyl (C=O) groups excluding carboxylic acids is 1. The molecule has 3 rings (SSSR count). The van der Waals surface area contributed by atoms with Gasteiger partial charge in [0.15, 0.2) is 0 Å². The maximum atomic E-state index is 12.8. The van der Waals surface area contributed by atoms with Gasteiger partial charge in [-0.05, 0) is 42.6 Å². The lowest BCUT2D eigenvalue weighted by Crippen LogP contribution is -2.40. The van der Waals surface area contributed by atoms with E-state index in [1.165, 1.54) is 16.4 Å². The summed E-state index contributed by atoms with van der Waals surface area (Å²) in [6, 6.07) is 6.20. The maximum absolute atomic E-state index is 12.8. The normalized spacial score (nSPS) is 24.3. The van der Waals surface area contributed by atoms with E-state index in [2.05, 4.69) is 0 Å². The second kappa shape index (κ2) is 8.22. The van der Waals surface area contributed by atoms with Crippen molar-refractivity contribution in [1.82, 2.24) is 9.21 Å². The molecule has 1 aromatic carbocycles. The fraction of sp³-hybridized carbons (Fsp3) is 0.588. The molecule has 2 aliphatic heterocycles. The molecule has 2 N–H and O–H groups in total. The number of amides is 1. The van der Waals surface area contributed by atoms with Crippen molar-refractivity contribution in [3.63, 3.8) is 0 Å². The smallest absolute Gasteiger partial charge is 0.254 e. The number of hydrogen-bond donors (Lipinski definition) is 1. The van der Waals surface area contributed by atoms with Crippen molar-refractivity contribution in [2.24, 2.45) is 11.1 Å². The van der Waals surface area contributed by atoms with Crippen molar-refractivity contribution in [2.75, 3.05) is 45.9 Å². The van der Waals surface area contributed by atoms with Crippen molar-refractivity contribution in [3.05, 3.63) is 29.8 Å². The van der Waals surface area contributed by atoms with Crippen LogP contribution in [0.5, 0.6) is 0 Å². The predicted molar refractivity (Wildman–Crippen MR) is 101 cm³/mol. The monoisotopic (exact) mass is 403 g/mol. The number of benzene rings is 1. The van der Waals surface area contributed by atoms with Crippen LogP contribution in [-0.2, 0) is 14.8 Å². The first-order valence-corrected chi connectivity index (χ1v) is 9.97. The van der Waals surface area contributed by atoms with Crippen LogP contribution in [0.4, 0.5) is 0 Å². The van der Waals surface area contributed by atoms with Gasteiger partial charge in [-0.3, -0.25) is 4.79 Å². The first-order chi connectivity index (χ1) is 11.9. The Balaban J connectivity index is 0.00000243. The van der Waals surface area contributed by atoms with Gasteiger partial charge in [0.1, 0.15) is 0 Å². The molecular formula is C17H26ClN3O4S. The number of morpholine rings is 1. The van der Waals surface area contributed by atoms with E-state index >= 15 is 0 Å². The van der Waals surface area contributed by atoms with Gasteiger partial charge in [-0.15, -0.1) is 12.4 Å². The van der Waals surface area contributed by atoms with Crippen molar-refractivity contribution in [2.45, 2.75) is 18.2 Å². The molecule has 2 fully saturated rings. The Morgan fingerprint density at radius 3 is 2.35 bits per heavy atom. The summed E-state index contributed by atoms with van der Waals surface area (Å²) in [4.78, 5) is 14.4. The van der Waals surface area contributed by atoms with Gasteiger partial charge in [0.2, 0.25) is 10.0 Å². The summed E-state index contributed by atoms with van der Waals surface area (Å²) >= 11 is 0. The Bertz CT molecular complexity index is 735. The Hall–Kier alpha value is -1.19. The number of nitrogens with two attached hydrogens (primary N) is 1. The molecule has 0 aromatic heterocycles. The minimum Gasteiger partial charge on any atom is -0.378 e. The fourth-order valence-corrected chi connectivity index (χ4v) is 4.81. The molecule has 2 saturated heterocycles. The molecule has 0 radical (unpaired) electrons.